The lowest BCUT2D eigenvalue weighted by molar-refractivity contribution is -0.123. The van der Waals surface area contributed by atoms with Gasteiger partial charge in [0.25, 0.3) is 5.91 Å². The lowest BCUT2D eigenvalue weighted by Gasteiger charge is -2.12. The minimum absolute atomic E-state index is 0.181. The molecule has 0 atom stereocenters. The molecule has 0 aliphatic rings. The van der Waals surface area contributed by atoms with Crippen LogP contribution in [0.25, 0.3) is 16.9 Å². The number of carbonyl (C=O) groups is 1. The minimum Gasteiger partial charge on any atom is -0.490 e. The molecule has 1 amide bonds. The summed E-state index contributed by atoms with van der Waals surface area (Å²) in [4.78, 5) is 12.6. The predicted octanol–water partition coefficient (Wildman–Crippen LogP) is 4.50. The molecule has 1 heterocycles. The highest BCUT2D eigenvalue weighted by atomic mass is 16.5. The molecular weight excluding hydrogens is 428 g/mol. The van der Waals surface area contributed by atoms with Crippen LogP contribution < -0.4 is 14.8 Å². The maximum absolute atomic E-state index is 12.6. The van der Waals surface area contributed by atoms with Crippen LogP contribution in [0.2, 0.25) is 0 Å². The predicted molar refractivity (Wildman–Crippen MR) is 129 cm³/mol. The van der Waals surface area contributed by atoms with Crippen molar-refractivity contribution in [3.63, 3.8) is 0 Å². The van der Waals surface area contributed by atoms with E-state index in [9.17, 15) is 4.79 Å². The number of nitrogens with one attached hydrogen (secondary N) is 1. The van der Waals surface area contributed by atoms with E-state index in [1.54, 1.807) is 18.2 Å². The van der Waals surface area contributed by atoms with Crippen molar-refractivity contribution in [2.24, 2.45) is 0 Å². The molecule has 0 bridgehead atoms. The molecule has 4 rings (SSSR count). The molecule has 0 saturated carbocycles. The Bertz CT molecular complexity index is 1290. The van der Waals surface area contributed by atoms with Crippen molar-refractivity contribution < 1.29 is 14.3 Å². The van der Waals surface area contributed by atoms with Crippen LogP contribution in [-0.2, 0) is 11.3 Å². The second-order valence-electron chi connectivity index (χ2n) is 7.42. The standard InChI is InChI=1S/C27H24N4O3/c1-2-33-25-15-20(16-28)13-14-24(25)34-19-26(32)29-17-22-18-31(23-11-7-4-8-12-23)30-27(22)21-9-5-3-6-10-21/h3-15,18H,2,17,19H2,1H3,(H,29,32). The second kappa shape index (κ2) is 10.8. The number of hydrogen-bond donors (Lipinski definition) is 1. The molecule has 4 aromatic rings. The lowest BCUT2D eigenvalue weighted by atomic mass is 10.1. The molecule has 0 aliphatic heterocycles. The number of hydrogen-bond acceptors (Lipinski definition) is 5. The zero-order chi connectivity index (χ0) is 23.8. The van der Waals surface area contributed by atoms with Gasteiger partial charge in [0.15, 0.2) is 18.1 Å². The summed E-state index contributed by atoms with van der Waals surface area (Å²) in [7, 11) is 0. The molecule has 1 N–H and O–H groups in total. The molecule has 0 radical (unpaired) electrons. The van der Waals surface area contributed by atoms with Gasteiger partial charge in [-0.05, 0) is 31.2 Å². The Morgan fingerprint density at radius 2 is 1.74 bits per heavy atom. The van der Waals surface area contributed by atoms with E-state index in [2.05, 4.69) is 11.4 Å². The van der Waals surface area contributed by atoms with Crippen LogP contribution in [0.5, 0.6) is 11.5 Å². The third-order valence-corrected chi connectivity index (χ3v) is 5.07. The van der Waals surface area contributed by atoms with Crippen molar-refractivity contribution >= 4 is 5.91 Å². The summed E-state index contributed by atoms with van der Waals surface area (Å²) in [6.07, 6.45) is 1.92. The molecule has 7 nitrogen and oxygen atoms in total. The van der Waals surface area contributed by atoms with Crippen LogP contribution in [0, 0.1) is 11.3 Å². The summed E-state index contributed by atoms with van der Waals surface area (Å²) in [5.41, 5.74) is 4.05. The van der Waals surface area contributed by atoms with Gasteiger partial charge in [0, 0.05) is 29.9 Å². The van der Waals surface area contributed by atoms with Crippen molar-refractivity contribution in [3.05, 3.63) is 96.2 Å². The largest absolute Gasteiger partial charge is 0.490 e. The normalized spacial score (nSPS) is 10.4. The van der Waals surface area contributed by atoms with Gasteiger partial charge in [-0.1, -0.05) is 48.5 Å². The van der Waals surface area contributed by atoms with Gasteiger partial charge in [-0.3, -0.25) is 4.79 Å². The monoisotopic (exact) mass is 452 g/mol. The van der Waals surface area contributed by atoms with Crippen LogP contribution >= 0.6 is 0 Å². The van der Waals surface area contributed by atoms with Crippen molar-refractivity contribution in [3.8, 4) is 34.5 Å². The lowest BCUT2D eigenvalue weighted by Crippen LogP contribution is -2.28. The first-order valence-corrected chi connectivity index (χ1v) is 10.9. The van der Waals surface area contributed by atoms with Gasteiger partial charge in [0.1, 0.15) is 0 Å². The number of ether oxygens (including phenoxy) is 2. The quantitative estimate of drug-likeness (QED) is 0.404. The number of amides is 1. The van der Waals surface area contributed by atoms with Gasteiger partial charge in [0.05, 0.1) is 29.6 Å². The van der Waals surface area contributed by atoms with E-state index in [-0.39, 0.29) is 12.5 Å². The van der Waals surface area contributed by atoms with Gasteiger partial charge in [-0.25, -0.2) is 4.68 Å². The number of nitriles is 1. The molecule has 0 fully saturated rings. The zero-order valence-corrected chi connectivity index (χ0v) is 18.8. The van der Waals surface area contributed by atoms with E-state index >= 15 is 0 Å². The molecule has 7 heteroatoms. The van der Waals surface area contributed by atoms with Crippen molar-refractivity contribution in [1.29, 1.82) is 5.26 Å². The maximum atomic E-state index is 12.6. The van der Waals surface area contributed by atoms with Gasteiger partial charge in [0.2, 0.25) is 0 Å². The SMILES string of the molecule is CCOc1cc(C#N)ccc1OCC(=O)NCc1cn(-c2ccccc2)nc1-c1ccccc1. The first-order chi connectivity index (χ1) is 16.7. The molecule has 0 saturated heterocycles. The summed E-state index contributed by atoms with van der Waals surface area (Å²) < 4.78 is 13.0. The summed E-state index contributed by atoms with van der Waals surface area (Å²) in [6, 6.07) is 26.6. The zero-order valence-electron chi connectivity index (χ0n) is 18.8. The smallest absolute Gasteiger partial charge is 0.258 e. The molecule has 34 heavy (non-hydrogen) atoms. The Hall–Kier alpha value is -4.57. The van der Waals surface area contributed by atoms with E-state index in [0.29, 0.717) is 30.2 Å². The third-order valence-electron chi connectivity index (χ3n) is 5.07. The molecule has 3 aromatic carbocycles. The van der Waals surface area contributed by atoms with E-state index in [4.69, 9.17) is 19.8 Å². The molecule has 0 unspecified atom stereocenters. The number of benzene rings is 3. The molecule has 0 aliphatic carbocycles. The van der Waals surface area contributed by atoms with Crippen LogP contribution in [-0.4, -0.2) is 28.9 Å². The number of nitrogens with zero attached hydrogens (tertiary/aromatic N) is 3. The Morgan fingerprint density at radius 3 is 2.44 bits per heavy atom. The van der Waals surface area contributed by atoms with E-state index in [1.807, 2.05) is 78.5 Å². The second-order valence-corrected chi connectivity index (χ2v) is 7.42. The van der Waals surface area contributed by atoms with Crippen LogP contribution in [0.1, 0.15) is 18.1 Å². The summed E-state index contributed by atoms with van der Waals surface area (Å²) in [5, 5.41) is 16.7. The van der Waals surface area contributed by atoms with Gasteiger partial charge < -0.3 is 14.8 Å². The van der Waals surface area contributed by atoms with Crippen LogP contribution in [0.3, 0.4) is 0 Å². The molecule has 1 aromatic heterocycles. The first-order valence-electron chi connectivity index (χ1n) is 10.9. The first kappa shape index (κ1) is 22.6. The average Bonchev–Trinajstić information content (AvgIpc) is 3.32. The fraction of sp³-hybridized carbons (Fsp3) is 0.148. The highest BCUT2D eigenvalue weighted by molar-refractivity contribution is 5.78. The fourth-order valence-electron chi connectivity index (χ4n) is 3.44. The van der Waals surface area contributed by atoms with Gasteiger partial charge in [-0.2, -0.15) is 10.4 Å². The van der Waals surface area contributed by atoms with Crippen LogP contribution in [0.15, 0.2) is 85.1 Å². The van der Waals surface area contributed by atoms with E-state index in [1.165, 1.54) is 0 Å². The number of rotatable bonds is 9. The number of para-hydroxylation sites is 1. The third kappa shape index (κ3) is 5.43. The topological polar surface area (TPSA) is 89.2 Å². The highest BCUT2D eigenvalue weighted by Crippen LogP contribution is 2.28. The minimum atomic E-state index is -0.279. The Labute approximate surface area is 198 Å². The highest BCUT2D eigenvalue weighted by Gasteiger charge is 2.14. The van der Waals surface area contributed by atoms with Crippen molar-refractivity contribution in [2.45, 2.75) is 13.5 Å². The van der Waals surface area contributed by atoms with Gasteiger partial charge in [-0.15, -0.1) is 0 Å². The Balaban J connectivity index is 1.46. The molecular formula is C27H24N4O3. The van der Waals surface area contributed by atoms with E-state index in [0.717, 1.165) is 22.5 Å². The average molecular weight is 453 g/mol. The maximum Gasteiger partial charge on any atom is 0.258 e. The molecule has 0 spiro atoms. The van der Waals surface area contributed by atoms with Crippen molar-refractivity contribution in [2.75, 3.05) is 13.2 Å². The van der Waals surface area contributed by atoms with Crippen molar-refractivity contribution in [1.82, 2.24) is 15.1 Å². The summed E-state index contributed by atoms with van der Waals surface area (Å²) in [5.74, 6) is 0.570. The van der Waals surface area contributed by atoms with E-state index < -0.39 is 0 Å². The van der Waals surface area contributed by atoms with Gasteiger partial charge >= 0.3 is 0 Å². The number of carbonyl (C=O) groups excluding carboxylic acids is 1. The summed E-state index contributed by atoms with van der Waals surface area (Å²) >= 11 is 0. The number of aromatic nitrogens is 2. The Morgan fingerprint density at radius 1 is 1.00 bits per heavy atom. The van der Waals surface area contributed by atoms with Crippen LogP contribution in [0.4, 0.5) is 0 Å². The summed E-state index contributed by atoms with van der Waals surface area (Å²) in [6.45, 7) is 2.38. The molecule has 170 valence electrons. The Kier molecular flexibility index (Phi) is 7.21. The fourth-order valence-corrected chi connectivity index (χ4v) is 3.44.